The first kappa shape index (κ1) is 12.4. The summed E-state index contributed by atoms with van der Waals surface area (Å²) in [6.07, 6.45) is 1.11. The zero-order valence-electron chi connectivity index (χ0n) is 10.8. The van der Waals surface area contributed by atoms with E-state index in [4.69, 9.17) is 4.99 Å². The van der Waals surface area contributed by atoms with Gasteiger partial charge in [0.25, 0.3) is 0 Å². The van der Waals surface area contributed by atoms with Gasteiger partial charge in [0.2, 0.25) is 0 Å². The first-order valence-corrected chi connectivity index (χ1v) is 6.00. The van der Waals surface area contributed by atoms with Crippen LogP contribution in [-0.2, 0) is 0 Å². The van der Waals surface area contributed by atoms with Crippen molar-refractivity contribution in [2.24, 2.45) is 10.9 Å². The predicted molar refractivity (Wildman–Crippen MR) is 67.4 cm³/mol. The van der Waals surface area contributed by atoms with E-state index >= 15 is 0 Å². The maximum Gasteiger partial charge on any atom is 0.0417 e. The summed E-state index contributed by atoms with van der Waals surface area (Å²) in [5, 5.41) is 0. The van der Waals surface area contributed by atoms with E-state index in [-0.39, 0.29) is 0 Å². The van der Waals surface area contributed by atoms with Crippen molar-refractivity contribution in [1.82, 2.24) is 4.90 Å². The first-order valence-electron chi connectivity index (χ1n) is 6.00. The Balaban J connectivity index is 2.75. The smallest absolute Gasteiger partial charge is 0.0417 e. The molecular weight excluding hydrogens is 184 g/mol. The van der Waals surface area contributed by atoms with Crippen molar-refractivity contribution in [3.8, 4) is 0 Å². The normalized spacial score (nSPS) is 20.3. The van der Waals surface area contributed by atoms with Crippen LogP contribution in [0.15, 0.2) is 16.3 Å². The lowest BCUT2D eigenvalue weighted by molar-refractivity contribution is 0.300. The van der Waals surface area contributed by atoms with Gasteiger partial charge in [0.1, 0.15) is 0 Å². The summed E-state index contributed by atoms with van der Waals surface area (Å²) in [5.41, 5.74) is 4.03. The molecule has 1 heterocycles. The molecule has 0 aliphatic carbocycles. The van der Waals surface area contributed by atoms with Crippen molar-refractivity contribution in [2.75, 3.05) is 19.6 Å². The van der Waals surface area contributed by atoms with Gasteiger partial charge in [0.15, 0.2) is 0 Å². The topological polar surface area (TPSA) is 15.6 Å². The minimum absolute atomic E-state index is 0.564. The Bertz CT molecular complexity index is 274. The fourth-order valence-electron chi connectivity index (χ4n) is 1.75. The average molecular weight is 208 g/mol. The highest BCUT2D eigenvalue weighted by atomic mass is 15.1. The Morgan fingerprint density at radius 3 is 2.60 bits per heavy atom. The summed E-state index contributed by atoms with van der Waals surface area (Å²) in [6, 6.07) is 0. The van der Waals surface area contributed by atoms with Gasteiger partial charge in [-0.25, -0.2) is 0 Å². The van der Waals surface area contributed by atoms with Gasteiger partial charge in [0.05, 0.1) is 0 Å². The molecule has 0 aromatic heterocycles. The van der Waals surface area contributed by atoms with E-state index in [0.717, 1.165) is 26.1 Å². The second-order valence-electron chi connectivity index (χ2n) is 4.75. The maximum absolute atomic E-state index is 4.75. The van der Waals surface area contributed by atoms with Crippen LogP contribution in [-0.4, -0.2) is 30.2 Å². The van der Waals surface area contributed by atoms with Gasteiger partial charge in [-0.3, -0.25) is 9.89 Å². The van der Waals surface area contributed by atoms with E-state index in [1.54, 1.807) is 0 Å². The van der Waals surface area contributed by atoms with Crippen LogP contribution in [0.3, 0.4) is 0 Å². The molecule has 2 nitrogen and oxygen atoms in total. The molecule has 1 rings (SSSR count). The van der Waals surface area contributed by atoms with Gasteiger partial charge in [0, 0.05) is 30.9 Å². The minimum atomic E-state index is 0.564. The van der Waals surface area contributed by atoms with Crippen molar-refractivity contribution in [3.63, 3.8) is 0 Å². The summed E-state index contributed by atoms with van der Waals surface area (Å²) in [5.74, 6) is 0.564. The Morgan fingerprint density at radius 2 is 2.13 bits per heavy atom. The SMILES string of the molecule is CCN1CCC(N=C(C)C(C)C)=C(C)C1. The average Bonchev–Trinajstić information content (AvgIpc) is 2.20. The Kier molecular flexibility index (Phi) is 4.52. The fourth-order valence-corrected chi connectivity index (χ4v) is 1.75. The van der Waals surface area contributed by atoms with Crippen molar-refractivity contribution in [2.45, 2.75) is 41.0 Å². The number of likely N-dealkylation sites (N-methyl/N-ethyl adjacent to an activating group) is 1. The summed E-state index contributed by atoms with van der Waals surface area (Å²) in [7, 11) is 0. The van der Waals surface area contributed by atoms with Crippen LogP contribution in [0.25, 0.3) is 0 Å². The molecule has 0 N–H and O–H groups in total. The number of nitrogens with zero attached hydrogens (tertiary/aromatic N) is 2. The van der Waals surface area contributed by atoms with Gasteiger partial charge in [-0.15, -0.1) is 0 Å². The van der Waals surface area contributed by atoms with E-state index < -0.39 is 0 Å². The van der Waals surface area contributed by atoms with Crippen molar-refractivity contribution in [1.29, 1.82) is 0 Å². The number of hydrogen-bond donors (Lipinski definition) is 0. The number of rotatable bonds is 3. The van der Waals surface area contributed by atoms with Crippen LogP contribution in [0.2, 0.25) is 0 Å². The lowest BCUT2D eigenvalue weighted by atomic mass is 10.1. The quantitative estimate of drug-likeness (QED) is 0.651. The van der Waals surface area contributed by atoms with E-state index in [1.165, 1.54) is 17.0 Å². The van der Waals surface area contributed by atoms with Crippen molar-refractivity contribution in [3.05, 3.63) is 11.3 Å². The second kappa shape index (κ2) is 5.45. The molecule has 0 aromatic carbocycles. The molecule has 0 aromatic rings. The van der Waals surface area contributed by atoms with Gasteiger partial charge in [-0.1, -0.05) is 20.8 Å². The third-order valence-electron chi connectivity index (χ3n) is 3.21. The van der Waals surface area contributed by atoms with Crippen LogP contribution < -0.4 is 0 Å². The lowest BCUT2D eigenvalue weighted by Gasteiger charge is -2.27. The highest BCUT2D eigenvalue weighted by molar-refractivity contribution is 5.84. The molecule has 0 radical (unpaired) electrons. The molecule has 0 saturated carbocycles. The molecule has 86 valence electrons. The first-order chi connectivity index (χ1) is 7.04. The van der Waals surface area contributed by atoms with E-state index in [0.29, 0.717) is 5.92 Å². The van der Waals surface area contributed by atoms with E-state index in [2.05, 4.69) is 39.5 Å². The molecule has 0 spiro atoms. The van der Waals surface area contributed by atoms with Crippen LogP contribution in [0.5, 0.6) is 0 Å². The molecule has 1 aliphatic heterocycles. The molecule has 15 heavy (non-hydrogen) atoms. The van der Waals surface area contributed by atoms with Crippen LogP contribution in [0, 0.1) is 5.92 Å². The van der Waals surface area contributed by atoms with Gasteiger partial charge in [-0.05, 0) is 31.9 Å². The molecule has 0 fully saturated rings. The lowest BCUT2D eigenvalue weighted by Crippen LogP contribution is -2.30. The molecule has 1 aliphatic rings. The molecular formula is C13H24N2. The zero-order chi connectivity index (χ0) is 11.4. The summed E-state index contributed by atoms with van der Waals surface area (Å²) < 4.78 is 0. The zero-order valence-corrected chi connectivity index (χ0v) is 10.8. The van der Waals surface area contributed by atoms with Crippen LogP contribution in [0.1, 0.15) is 41.0 Å². The number of aliphatic imine (C=N–C) groups is 1. The fraction of sp³-hybridized carbons (Fsp3) is 0.769. The number of hydrogen-bond acceptors (Lipinski definition) is 2. The second-order valence-corrected chi connectivity index (χ2v) is 4.75. The maximum atomic E-state index is 4.75. The van der Waals surface area contributed by atoms with Gasteiger partial charge in [-0.2, -0.15) is 0 Å². The standard InChI is InChI=1S/C13H24N2/c1-6-15-8-7-13(11(4)9-15)14-12(5)10(2)3/h10H,6-9H2,1-5H3. The molecule has 0 unspecified atom stereocenters. The Labute approximate surface area is 94.1 Å². The van der Waals surface area contributed by atoms with E-state index in [1.807, 2.05) is 0 Å². The summed E-state index contributed by atoms with van der Waals surface area (Å²) >= 11 is 0. The predicted octanol–water partition coefficient (Wildman–Crippen LogP) is 3.10. The monoisotopic (exact) mass is 208 g/mol. The summed E-state index contributed by atoms with van der Waals surface area (Å²) in [4.78, 5) is 7.23. The highest BCUT2D eigenvalue weighted by Crippen LogP contribution is 2.19. The van der Waals surface area contributed by atoms with Crippen molar-refractivity contribution < 1.29 is 0 Å². The third kappa shape index (κ3) is 3.45. The molecule has 2 heteroatoms. The van der Waals surface area contributed by atoms with Crippen LogP contribution in [0.4, 0.5) is 0 Å². The molecule has 0 amide bonds. The molecule has 0 atom stereocenters. The van der Waals surface area contributed by atoms with Gasteiger partial charge >= 0.3 is 0 Å². The van der Waals surface area contributed by atoms with Crippen molar-refractivity contribution >= 4 is 5.71 Å². The van der Waals surface area contributed by atoms with Crippen LogP contribution >= 0.6 is 0 Å². The minimum Gasteiger partial charge on any atom is -0.299 e. The largest absolute Gasteiger partial charge is 0.299 e. The van der Waals surface area contributed by atoms with E-state index in [9.17, 15) is 0 Å². The summed E-state index contributed by atoms with van der Waals surface area (Å²) in [6.45, 7) is 14.4. The molecule has 0 bridgehead atoms. The Hall–Kier alpha value is -0.630. The molecule has 0 saturated heterocycles. The third-order valence-corrected chi connectivity index (χ3v) is 3.21. The Morgan fingerprint density at radius 1 is 1.47 bits per heavy atom. The van der Waals surface area contributed by atoms with Gasteiger partial charge < -0.3 is 0 Å². The highest BCUT2D eigenvalue weighted by Gasteiger charge is 2.14.